The van der Waals surface area contributed by atoms with E-state index >= 15 is 0 Å². The summed E-state index contributed by atoms with van der Waals surface area (Å²) in [6, 6.07) is 16.3. The highest BCUT2D eigenvalue weighted by Gasteiger charge is 2.16. The van der Waals surface area contributed by atoms with Crippen LogP contribution in [0.1, 0.15) is 16.1 Å². The zero-order chi connectivity index (χ0) is 24.4. The fourth-order valence-electron chi connectivity index (χ4n) is 3.26. The Balaban J connectivity index is 1.24. The van der Waals surface area contributed by atoms with Crippen molar-refractivity contribution in [3.8, 4) is 11.4 Å². The van der Waals surface area contributed by atoms with E-state index in [1.807, 2.05) is 30.3 Å². The van der Waals surface area contributed by atoms with E-state index in [0.29, 0.717) is 22.4 Å². The van der Waals surface area contributed by atoms with Crippen molar-refractivity contribution in [3.05, 3.63) is 93.3 Å². The molecule has 10 nitrogen and oxygen atoms in total. The molecule has 5 aromatic rings. The van der Waals surface area contributed by atoms with Gasteiger partial charge in [0.1, 0.15) is 5.02 Å². The Kier molecular flexibility index (Phi) is 6.49. The fraction of sp³-hybridized carbons (Fsp3) is 0.0909. The quantitative estimate of drug-likeness (QED) is 0.333. The number of aromatic nitrogens is 8. The first kappa shape index (κ1) is 23.0. The lowest BCUT2D eigenvalue weighted by Crippen LogP contribution is -2.16. The van der Waals surface area contributed by atoms with Gasteiger partial charge in [0.15, 0.2) is 18.2 Å². The van der Waals surface area contributed by atoms with Crippen molar-refractivity contribution in [2.75, 3.05) is 5.32 Å². The number of rotatable bonds is 7. The molecule has 0 aliphatic heterocycles. The third-order valence-electron chi connectivity index (χ3n) is 4.93. The van der Waals surface area contributed by atoms with Gasteiger partial charge in [-0.3, -0.25) is 9.48 Å². The van der Waals surface area contributed by atoms with E-state index in [0.717, 1.165) is 11.1 Å². The van der Waals surface area contributed by atoms with Crippen molar-refractivity contribution in [1.82, 2.24) is 39.8 Å². The zero-order valence-corrected chi connectivity index (χ0v) is 20.2. The van der Waals surface area contributed by atoms with Crippen LogP contribution in [-0.4, -0.2) is 45.7 Å². The highest BCUT2D eigenvalue weighted by molar-refractivity contribution is 6.35. The van der Waals surface area contributed by atoms with Gasteiger partial charge in [-0.2, -0.15) is 10.2 Å². The van der Waals surface area contributed by atoms with Crippen LogP contribution in [0.5, 0.6) is 0 Å². The fourth-order valence-corrected chi connectivity index (χ4v) is 3.92. The minimum atomic E-state index is -0.461. The van der Waals surface area contributed by atoms with Gasteiger partial charge in [0.05, 0.1) is 6.54 Å². The maximum absolute atomic E-state index is 12.7. The molecular formula is C22H16Cl3N9O. The molecule has 0 unspecified atom stereocenters. The molecule has 2 aromatic carbocycles. The van der Waals surface area contributed by atoms with Gasteiger partial charge in [0, 0.05) is 28.0 Å². The highest BCUT2D eigenvalue weighted by Crippen LogP contribution is 2.24. The average molecular weight is 529 g/mol. The summed E-state index contributed by atoms with van der Waals surface area (Å²) in [7, 11) is 0. The number of benzene rings is 2. The lowest BCUT2D eigenvalue weighted by molar-refractivity contribution is 0.102. The SMILES string of the molecule is O=C(Nc1nn(Cc2ccc(Cl)cc2Cl)cc1Cl)c1ccn(Cn2nnc(-c3ccccc3)n2)n1. The normalized spacial score (nSPS) is 11.1. The van der Waals surface area contributed by atoms with E-state index in [4.69, 9.17) is 34.8 Å². The lowest BCUT2D eigenvalue weighted by atomic mass is 10.2. The standard InChI is InChI=1S/C22H16Cl3N9O/c23-16-7-6-15(17(24)10-16)11-33-12-18(25)21(29-33)26-22(35)19-8-9-32(28-19)13-34-30-20(27-31-34)14-4-2-1-3-5-14/h1-10,12H,11,13H2,(H,26,29,35). The smallest absolute Gasteiger partial charge is 0.277 e. The molecule has 3 heterocycles. The first-order valence-corrected chi connectivity index (χ1v) is 11.4. The molecule has 35 heavy (non-hydrogen) atoms. The van der Waals surface area contributed by atoms with Gasteiger partial charge in [-0.25, -0.2) is 4.68 Å². The van der Waals surface area contributed by atoms with Crippen LogP contribution in [0.3, 0.4) is 0 Å². The Morgan fingerprint density at radius 2 is 1.74 bits per heavy atom. The Morgan fingerprint density at radius 1 is 0.914 bits per heavy atom. The maximum Gasteiger partial charge on any atom is 0.277 e. The molecule has 1 amide bonds. The molecule has 0 fully saturated rings. The number of halogens is 3. The molecule has 0 bridgehead atoms. The van der Waals surface area contributed by atoms with Gasteiger partial charge in [-0.05, 0) is 29.0 Å². The van der Waals surface area contributed by atoms with Crippen LogP contribution in [0, 0.1) is 0 Å². The second kappa shape index (κ2) is 9.87. The highest BCUT2D eigenvalue weighted by atomic mass is 35.5. The second-order valence-electron chi connectivity index (χ2n) is 7.45. The van der Waals surface area contributed by atoms with E-state index in [-0.39, 0.29) is 23.2 Å². The summed E-state index contributed by atoms with van der Waals surface area (Å²) in [4.78, 5) is 14.1. The van der Waals surface area contributed by atoms with Gasteiger partial charge in [-0.15, -0.1) is 15.0 Å². The molecule has 0 atom stereocenters. The predicted octanol–water partition coefficient (Wildman–Crippen LogP) is 4.50. The van der Waals surface area contributed by atoms with E-state index < -0.39 is 5.91 Å². The molecule has 1 N–H and O–H groups in total. The van der Waals surface area contributed by atoms with Crippen LogP contribution in [-0.2, 0) is 13.2 Å². The molecule has 3 aromatic heterocycles. The molecule has 0 radical (unpaired) electrons. The molecule has 0 aliphatic carbocycles. The van der Waals surface area contributed by atoms with Crippen molar-refractivity contribution in [3.63, 3.8) is 0 Å². The number of nitrogens with zero attached hydrogens (tertiary/aromatic N) is 8. The summed E-state index contributed by atoms with van der Waals surface area (Å²) in [5.41, 5.74) is 1.85. The molecule has 0 saturated carbocycles. The molecular weight excluding hydrogens is 513 g/mol. The Morgan fingerprint density at radius 3 is 2.54 bits per heavy atom. The first-order chi connectivity index (χ1) is 16.9. The van der Waals surface area contributed by atoms with Crippen LogP contribution in [0.15, 0.2) is 67.0 Å². The Labute approximate surface area is 214 Å². The van der Waals surface area contributed by atoms with Gasteiger partial charge in [-0.1, -0.05) is 71.2 Å². The van der Waals surface area contributed by atoms with Crippen LogP contribution < -0.4 is 5.32 Å². The summed E-state index contributed by atoms with van der Waals surface area (Å²) < 4.78 is 3.10. The first-order valence-electron chi connectivity index (χ1n) is 10.3. The van der Waals surface area contributed by atoms with Gasteiger partial charge in [0.25, 0.3) is 5.91 Å². The van der Waals surface area contributed by atoms with Crippen molar-refractivity contribution in [1.29, 1.82) is 0 Å². The summed E-state index contributed by atoms with van der Waals surface area (Å²) in [5.74, 6) is 0.250. The van der Waals surface area contributed by atoms with Crippen molar-refractivity contribution < 1.29 is 4.79 Å². The van der Waals surface area contributed by atoms with Crippen LogP contribution >= 0.6 is 34.8 Å². The van der Waals surface area contributed by atoms with Crippen LogP contribution in [0.4, 0.5) is 5.82 Å². The van der Waals surface area contributed by atoms with E-state index in [9.17, 15) is 4.79 Å². The topological polar surface area (TPSA) is 108 Å². The van der Waals surface area contributed by atoms with Gasteiger partial charge >= 0.3 is 0 Å². The van der Waals surface area contributed by atoms with E-state index in [2.05, 4.69) is 30.9 Å². The number of tetrazole rings is 1. The second-order valence-corrected chi connectivity index (χ2v) is 8.70. The molecule has 0 saturated heterocycles. The number of nitrogens with one attached hydrogen (secondary N) is 1. The molecule has 176 valence electrons. The Hall–Kier alpha value is -3.73. The number of anilines is 1. The average Bonchev–Trinajstić information content (AvgIpc) is 3.58. The minimum Gasteiger partial charge on any atom is -0.302 e. The number of amides is 1. The van der Waals surface area contributed by atoms with Crippen LogP contribution in [0.2, 0.25) is 15.1 Å². The van der Waals surface area contributed by atoms with Crippen LogP contribution in [0.25, 0.3) is 11.4 Å². The number of carbonyl (C=O) groups excluding carboxylic acids is 1. The summed E-state index contributed by atoms with van der Waals surface area (Å²) in [5, 5.41) is 25.1. The van der Waals surface area contributed by atoms with Crippen molar-refractivity contribution >= 4 is 46.5 Å². The molecule has 13 heteroatoms. The summed E-state index contributed by atoms with van der Waals surface area (Å²) in [6.07, 6.45) is 3.24. The molecule has 0 spiro atoms. The third-order valence-corrected chi connectivity index (χ3v) is 5.79. The van der Waals surface area contributed by atoms with Crippen molar-refractivity contribution in [2.45, 2.75) is 13.2 Å². The monoisotopic (exact) mass is 527 g/mol. The minimum absolute atomic E-state index is 0.180. The third kappa shape index (κ3) is 5.35. The zero-order valence-electron chi connectivity index (χ0n) is 17.9. The van der Waals surface area contributed by atoms with Gasteiger partial charge < -0.3 is 5.32 Å². The van der Waals surface area contributed by atoms with E-state index in [1.165, 1.54) is 9.48 Å². The lowest BCUT2D eigenvalue weighted by Gasteiger charge is -2.05. The number of hydrogen-bond donors (Lipinski definition) is 1. The number of hydrogen-bond acceptors (Lipinski definition) is 6. The number of carbonyl (C=O) groups is 1. The largest absolute Gasteiger partial charge is 0.302 e. The van der Waals surface area contributed by atoms with Crippen molar-refractivity contribution in [2.24, 2.45) is 0 Å². The summed E-state index contributed by atoms with van der Waals surface area (Å²) >= 11 is 18.4. The summed E-state index contributed by atoms with van der Waals surface area (Å²) in [6.45, 7) is 0.542. The Bertz CT molecular complexity index is 1490. The molecule has 0 aliphatic rings. The predicted molar refractivity (Wildman–Crippen MR) is 132 cm³/mol. The van der Waals surface area contributed by atoms with E-state index in [1.54, 1.807) is 41.3 Å². The maximum atomic E-state index is 12.7. The van der Waals surface area contributed by atoms with Gasteiger partial charge in [0.2, 0.25) is 5.82 Å². The molecule has 5 rings (SSSR count).